The monoisotopic (exact) mass is 245 g/mol. The summed E-state index contributed by atoms with van der Waals surface area (Å²) in [5, 5.41) is 0. The largest absolute Gasteiger partial charge is 0.325 e. The van der Waals surface area contributed by atoms with Crippen LogP contribution in [-0.2, 0) is 6.42 Å². The van der Waals surface area contributed by atoms with E-state index < -0.39 is 0 Å². The molecule has 1 aromatic carbocycles. The summed E-state index contributed by atoms with van der Waals surface area (Å²) in [5.41, 5.74) is 6.44. The zero-order chi connectivity index (χ0) is 10.1. The minimum atomic E-state index is -0.309. The Hall–Kier alpha value is -0.410. The van der Waals surface area contributed by atoms with Crippen molar-refractivity contribution in [3.05, 3.63) is 34.1 Å². The molecule has 2 N–H and O–H groups in total. The van der Waals surface area contributed by atoms with Crippen molar-refractivity contribution in [3.63, 3.8) is 0 Å². The quantitative estimate of drug-likeness (QED) is 0.853. The van der Waals surface area contributed by atoms with E-state index in [0.29, 0.717) is 6.42 Å². The van der Waals surface area contributed by atoms with Crippen LogP contribution < -0.4 is 5.73 Å². The van der Waals surface area contributed by atoms with Gasteiger partial charge < -0.3 is 5.73 Å². The molecule has 72 valence electrons. The highest BCUT2D eigenvalue weighted by molar-refractivity contribution is 9.10. The predicted octanol–water partition coefficient (Wildman–Crippen LogP) is 2.87. The minimum Gasteiger partial charge on any atom is -0.325 e. The van der Waals surface area contributed by atoms with E-state index in [1.165, 1.54) is 12.1 Å². The summed E-state index contributed by atoms with van der Waals surface area (Å²) in [7, 11) is 0. The molecule has 13 heavy (non-hydrogen) atoms. The van der Waals surface area contributed by atoms with Gasteiger partial charge in [0.05, 0.1) is 0 Å². The van der Waals surface area contributed by atoms with E-state index in [1.807, 2.05) is 13.8 Å². The van der Waals surface area contributed by atoms with E-state index in [9.17, 15) is 4.39 Å². The highest BCUT2D eigenvalue weighted by Crippen LogP contribution is 2.21. The van der Waals surface area contributed by atoms with Gasteiger partial charge in [-0.1, -0.05) is 15.9 Å². The van der Waals surface area contributed by atoms with Crippen LogP contribution in [0.25, 0.3) is 0 Å². The van der Waals surface area contributed by atoms with Gasteiger partial charge in [-0.2, -0.15) is 0 Å². The van der Waals surface area contributed by atoms with Crippen molar-refractivity contribution >= 4 is 15.9 Å². The van der Waals surface area contributed by atoms with E-state index in [-0.39, 0.29) is 11.4 Å². The van der Waals surface area contributed by atoms with Crippen LogP contribution >= 0.6 is 15.9 Å². The van der Waals surface area contributed by atoms with Crippen molar-refractivity contribution < 1.29 is 4.39 Å². The normalized spacial score (nSPS) is 11.8. The Bertz CT molecular complexity index is 304. The summed E-state index contributed by atoms with van der Waals surface area (Å²) in [6, 6.07) is 4.65. The van der Waals surface area contributed by atoms with Gasteiger partial charge in [0, 0.05) is 10.0 Å². The number of halogens is 2. The van der Waals surface area contributed by atoms with Crippen LogP contribution in [0.3, 0.4) is 0 Å². The molecule has 0 saturated carbocycles. The Kier molecular flexibility index (Phi) is 3.09. The summed E-state index contributed by atoms with van der Waals surface area (Å²) in [6.07, 6.45) is 0.658. The smallest absolute Gasteiger partial charge is 0.123 e. The molecule has 0 amide bonds. The molecule has 0 saturated heterocycles. The molecule has 3 heteroatoms. The van der Waals surface area contributed by atoms with Crippen LogP contribution in [0.2, 0.25) is 0 Å². The molecule has 1 aromatic rings. The van der Waals surface area contributed by atoms with Gasteiger partial charge >= 0.3 is 0 Å². The van der Waals surface area contributed by atoms with Crippen LogP contribution in [0.4, 0.5) is 4.39 Å². The summed E-state index contributed by atoms with van der Waals surface area (Å²) in [4.78, 5) is 0. The molecular formula is C10H13BrFN. The third-order valence-electron chi connectivity index (χ3n) is 1.65. The van der Waals surface area contributed by atoms with Crippen molar-refractivity contribution in [2.24, 2.45) is 5.73 Å². The zero-order valence-corrected chi connectivity index (χ0v) is 9.36. The van der Waals surface area contributed by atoms with Crippen molar-refractivity contribution in [1.29, 1.82) is 0 Å². The lowest BCUT2D eigenvalue weighted by atomic mass is 9.96. The molecular weight excluding hydrogens is 233 g/mol. The lowest BCUT2D eigenvalue weighted by Crippen LogP contribution is -2.34. The Morgan fingerprint density at radius 1 is 1.46 bits per heavy atom. The van der Waals surface area contributed by atoms with E-state index in [0.717, 1.165) is 10.0 Å². The fourth-order valence-corrected chi connectivity index (χ4v) is 1.56. The third kappa shape index (κ3) is 3.44. The van der Waals surface area contributed by atoms with E-state index in [4.69, 9.17) is 5.73 Å². The Morgan fingerprint density at radius 2 is 2.08 bits per heavy atom. The van der Waals surface area contributed by atoms with Crippen LogP contribution in [0, 0.1) is 5.82 Å². The van der Waals surface area contributed by atoms with Crippen molar-refractivity contribution in [2.45, 2.75) is 25.8 Å². The molecule has 0 unspecified atom stereocenters. The SMILES string of the molecule is CC(C)(N)Cc1cc(F)ccc1Br. The summed E-state index contributed by atoms with van der Waals surface area (Å²) >= 11 is 3.36. The van der Waals surface area contributed by atoms with Gasteiger partial charge in [0.25, 0.3) is 0 Å². The summed E-state index contributed by atoms with van der Waals surface area (Å²) in [6.45, 7) is 3.84. The number of hydrogen-bond acceptors (Lipinski definition) is 1. The van der Waals surface area contributed by atoms with Gasteiger partial charge in [0.15, 0.2) is 0 Å². The van der Waals surface area contributed by atoms with Gasteiger partial charge in [-0.15, -0.1) is 0 Å². The molecule has 0 fully saturated rings. The molecule has 0 atom stereocenters. The summed E-state index contributed by atoms with van der Waals surface area (Å²) in [5.74, 6) is -0.220. The molecule has 0 radical (unpaired) electrons. The Morgan fingerprint density at radius 3 is 2.62 bits per heavy atom. The Balaban J connectivity index is 2.94. The number of nitrogens with two attached hydrogens (primary N) is 1. The summed E-state index contributed by atoms with van der Waals surface area (Å²) < 4.78 is 13.8. The second-order valence-corrected chi connectivity index (χ2v) is 4.76. The fourth-order valence-electron chi connectivity index (χ4n) is 1.17. The standard InChI is InChI=1S/C10H13BrFN/c1-10(2,13)6-7-5-8(12)3-4-9(7)11/h3-5H,6,13H2,1-2H3. The van der Waals surface area contributed by atoms with Crippen LogP contribution in [0.1, 0.15) is 19.4 Å². The molecule has 1 rings (SSSR count). The van der Waals surface area contributed by atoms with Gasteiger partial charge in [0.1, 0.15) is 5.82 Å². The fraction of sp³-hybridized carbons (Fsp3) is 0.400. The second kappa shape index (κ2) is 3.76. The molecule has 0 aliphatic heterocycles. The minimum absolute atomic E-state index is 0.220. The van der Waals surface area contributed by atoms with Crippen LogP contribution in [0.5, 0.6) is 0 Å². The van der Waals surface area contributed by atoms with E-state index >= 15 is 0 Å². The maximum Gasteiger partial charge on any atom is 0.123 e. The molecule has 1 nitrogen and oxygen atoms in total. The molecule has 0 heterocycles. The number of benzene rings is 1. The topological polar surface area (TPSA) is 26.0 Å². The number of hydrogen-bond donors (Lipinski definition) is 1. The average molecular weight is 246 g/mol. The van der Waals surface area contributed by atoms with Crippen molar-refractivity contribution in [2.75, 3.05) is 0 Å². The van der Waals surface area contributed by atoms with Gasteiger partial charge in [-0.25, -0.2) is 4.39 Å². The molecule has 0 aliphatic rings. The molecule has 0 spiro atoms. The highest BCUT2D eigenvalue weighted by Gasteiger charge is 2.13. The first-order valence-corrected chi connectivity index (χ1v) is 4.90. The van der Waals surface area contributed by atoms with Crippen LogP contribution in [-0.4, -0.2) is 5.54 Å². The van der Waals surface area contributed by atoms with E-state index in [1.54, 1.807) is 6.07 Å². The van der Waals surface area contributed by atoms with Gasteiger partial charge in [0.2, 0.25) is 0 Å². The molecule has 0 aliphatic carbocycles. The lowest BCUT2D eigenvalue weighted by molar-refractivity contribution is 0.513. The second-order valence-electron chi connectivity index (χ2n) is 3.90. The lowest BCUT2D eigenvalue weighted by Gasteiger charge is -2.19. The van der Waals surface area contributed by atoms with Gasteiger partial charge in [-0.3, -0.25) is 0 Å². The molecule has 0 bridgehead atoms. The highest BCUT2D eigenvalue weighted by atomic mass is 79.9. The van der Waals surface area contributed by atoms with Crippen molar-refractivity contribution in [1.82, 2.24) is 0 Å². The first-order chi connectivity index (χ1) is 5.88. The zero-order valence-electron chi connectivity index (χ0n) is 7.77. The molecule has 0 aromatic heterocycles. The predicted molar refractivity (Wildman–Crippen MR) is 56.1 cm³/mol. The maximum absolute atomic E-state index is 12.9. The van der Waals surface area contributed by atoms with Crippen LogP contribution in [0.15, 0.2) is 22.7 Å². The average Bonchev–Trinajstić information content (AvgIpc) is 1.94. The van der Waals surface area contributed by atoms with Gasteiger partial charge in [-0.05, 0) is 44.0 Å². The number of rotatable bonds is 2. The van der Waals surface area contributed by atoms with Crippen molar-refractivity contribution in [3.8, 4) is 0 Å². The third-order valence-corrected chi connectivity index (χ3v) is 2.43. The maximum atomic E-state index is 12.9. The Labute approximate surface area is 86.3 Å². The van der Waals surface area contributed by atoms with E-state index in [2.05, 4.69) is 15.9 Å². The first kappa shape index (κ1) is 10.7. The first-order valence-electron chi connectivity index (χ1n) is 4.11.